The molecule has 0 fully saturated rings. The van der Waals surface area contributed by atoms with Crippen LogP contribution in [0.25, 0.3) is 0 Å². The molecule has 0 saturated carbocycles. The highest BCUT2D eigenvalue weighted by molar-refractivity contribution is 6.17. The van der Waals surface area contributed by atoms with Crippen molar-refractivity contribution < 1.29 is 24.0 Å². The first kappa shape index (κ1) is 20.5. The molecule has 3 amide bonds. The summed E-state index contributed by atoms with van der Waals surface area (Å²) in [6, 6.07) is 12.2. The van der Waals surface area contributed by atoms with Crippen molar-refractivity contribution in [2.45, 2.75) is 26.4 Å². The Morgan fingerprint density at radius 1 is 1.10 bits per heavy atom. The van der Waals surface area contributed by atoms with Crippen LogP contribution in [-0.4, -0.2) is 52.9 Å². The van der Waals surface area contributed by atoms with E-state index in [0.717, 1.165) is 5.56 Å². The van der Waals surface area contributed by atoms with E-state index in [1.54, 1.807) is 0 Å². The highest BCUT2D eigenvalue weighted by atomic mass is 16.7. The number of pyridine rings is 1. The minimum absolute atomic E-state index is 0.0173. The lowest BCUT2D eigenvalue weighted by atomic mass is 9.93. The molecule has 0 saturated heterocycles. The Kier molecular flexibility index (Phi) is 6.23. The summed E-state index contributed by atoms with van der Waals surface area (Å²) in [5, 5.41) is 0.676. The summed E-state index contributed by atoms with van der Waals surface area (Å²) < 4.78 is 5.12. The molecule has 1 atom stereocenters. The first-order chi connectivity index (χ1) is 14.0. The lowest BCUT2D eigenvalue weighted by Gasteiger charge is -2.32. The van der Waals surface area contributed by atoms with Gasteiger partial charge in [0.2, 0.25) is 11.8 Å². The zero-order valence-electron chi connectivity index (χ0n) is 16.6. The molecule has 0 bridgehead atoms. The van der Waals surface area contributed by atoms with Crippen molar-refractivity contribution >= 4 is 17.7 Å². The number of rotatable bonds is 7. The number of carbonyl (C=O) groups excluding carboxylic acids is 3. The Morgan fingerprint density at radius 3 is 2.41 bits per heavy atom. The van der Waals surface area contributed by atoms with Crippen molar-refractivity contribution in [3.8, 4) is 5.88 Å². The second-order valence-electron chi connectivity index (χ2n) is 6.43. The van der Waals surface area contributed by atoms with Crippen LogP contribution in [0, 0.1) is 0 Å². The monoisotopic (exact) mass is 397 g/mol. The molecule has 0 radical (unpaired) electrons. The predicted molar refractivity (Wildman–Crippen MR) is 104 cm³/mol. The van der Waals surface area contributed by atoms with Crippen LogP contribution in [0.4, 0.5) is 0 Å². The molecule has 29 heavy (non-hydrogen) atoms. The third kappa shape index (κ3) is 3.97. The van der Waals surface area contributed by atoms with Gasteiger partial charge in [0.05, 0.1) is 18.4 Å². The number of likely N-dealkylation sites (N-methyl/N-ethyl adjacent to an activating group) is 1. The number of fused-ring (bicyclic) bond motifs is 1. The number of hydrogen-bond acceptors (Lipinski definition) is 6. The number of hydrogen-bond donors (Lipinski definition) is 0. The van der Waals surface area contributed by atoms with Gasteiger partial charge < -0.3 is 9.64 Å². The fraction of sp³-hybridized carbons (Fsp3) is 0.333. The molecule has 8 nitrogen and oxygen atoms in total. The van der Waals surface area contributed by atoms with Crippen molar-refractivity contribution in [1.29, 1.82) is 0 Å². The summed E-state index contributed by atoms with van der Waals surface area (Å²) >= 11 is 0. The maximum atomic E-state index is 13.1. The van der Waals surface area contributed by atoms with Gasteiger partial charge in [0, 0.05) is 19.2 Å². The van der Waals surface area contributed by atoms with Gasteiger partial charge in [0.25, 0.3) is 11.8 Å². The van der Waals surface area contributed by atoms with E-state index in [2.05, 4.69) is 4.98 Å². The number of methoxy groups -OCH3 is 1. The van der Waals surface area contributed by atoms with Gasteiger partial charge in [-0.25, -0.2) is 4.98 Å². The Morgan fingerprint density at radius 2 is 1.79 bits per heavy atom. The Bertz CT molecular complexity index is 912. The zero-order chi connectivity index (χ0) is 21.0. The highest BCUT2D eigenvalue weighted by Crippen LogP contribution is 2.31. The molecule has 1 aromatic heterocycles. The standard InChI is InChI=1S/C21H23N3O5/c1-4-23(5-2)20(26)17-18-15(11-12-16(22-18)28-3)19(25)24(21(17)27)29-13-14-9-7-6-8-10-14/h6-12,17H,4-5,13H2,1-3H3. The molecule has 1 unspecified atom stereocenters. The van der Waals surface area contributed by atoms with Crippen LogP contribution in [0.1, 0.15) is 41.4 Å². The third-order valence-electron chi connectivity index (χ3n) is 4.77. The summed E-state index contributed by atoms with van der Waals surface area (Å²) in [7, 11) is 1.43. The number of amides is 3. The lowest BCUT2D eigenvalue weighted by molar-refractivity contribution is -0.178. The van der Waals surface area contributed by atoms with Crippen LogP contribution in [0.2, 0.25) is 0 Å². The van der Waals surface area contributed by atoms with Crippen molar-refractivity contribution in [1.82, 2.24) is 14.9 Å². The van der Waals surface area contributed by atoms with Crippen molar-refractivity contribution in [3.63, 3.8) is 0 Å². The molecular weight excluding hydrogens is 374 g/mol. The van der Waals surface area contributed by atoms with E-state index in [-0.39, 0.29) is 23.7 Å². The van der Waals surface area contributed by atoms with E-state index in [1.807, 2.05) is 44.2 Å². The fourth-order valence-corrected chi connectivity index (χ4v) is 3.19. The zero-order valence-corrected chi connectivity index (χ0v) is 16.6. The van der Waals surface area contributed by atoms with E-state index < -0.39 is 23.6 Å². The number of imide groups is 1. The van der Waals surface area contributed by atoms with E-state index in [9.17, 15) is 14.4 Å². The van der Waals surface area contributed by atoms with Crippen molar-refractivity contribution in [2.75, 3.05) is 20.2 Å². The number of aromatic nitrogens is 1. The van der Waals surface area contributed by atoms with Gasteiger partial charge in [-0.15, -0.1) is 5.06 Å². The minimum Gasteiger partial charge on any atom is -0.481 e. The first-order valence-electron chi connectivity index (χ1n) is 9.40. The average Bonchev–Trinajstić information content (AvgIpc) is 2.75. The molecule has 3 rings (SSSR count). The van der Waals surface area contributed by atoms with E-state index in [4.69, 9.17) is 9.57 Å². The van der Waals surface area contributed by atoms with Crippen molar-refractivity contribution in [3.05, 3.63) is 59.3 Å². The Balaban J connectivity index is 1.99. The second kappa shape index (κ2) is 8.83. The van der Waals surface area contributed by atoms with Crippen LogP contribution in [0.3, 0.4) is 0 Å². The van der Waals surface area contributed by atoms with Gasteiger partial charge in [-0.1, -0.05) is 30.3 Å². The molecule has 152 valence electrons. The van der Waals surface area contributed by atoms with Crippen LogP contribution in [0.5, 0.6) is 5.88 Å². The van der Waals surface area contributed by atoms with E-state index in [1.165, 1.54) is 24.1 Å². The predicted octanol–water partition coefficient (Wildman–Crippen LogP) is 2.16. The highest BCUT2D eigenvalue weighted by Gasteiger charge is 2.46. The summed E-state index contributed by atoms with van der Waals surface area (Å²) in [6.07, 6.45) is 0. The molecule has 0 N–H and O–H groups in total. The van der Waals surface area contributed by atoms with Crippen LogP contribution >= 0.6 is 0 Å². The van der Waals surface area contributed by atoms with Gasteiger partial charge >= 0.3 is 0 Å². The van der Waals surface area contributed by atoms with Crippen LogP contribution in [0.15, 0.2) is 42.5 Å². The molecule has 2 heterocycles. The summed E-state index contributed by atoms with van der Waals surface area (Å²) in [6.45, 7) is 4.52. The SMILES string of the molecule is CCN(CC)C(=O)C1C(=O)N(OCc2ccccc2)C(=O)c2ccc(OC)nc21. The maximum absolute atomic E-state index is 13.1. The second-order valence-corrected chi connectivity index (χ2v) is 6.43. The first-order valence-corrected chi connectivity index (χ1v) is 9.40. The maximum Gasteiger partial charge on any atom is 0.286 e. The largest absolute Gasteiger partial charge is 0.481 e. The molecule has 1 aliphatic rings. The Labute approximate surface area is 169 Å². The molecule has 0 aliphatic carbocycles. The molecule has 1 aliphatic heterocycles. The summed E-state index contributed by atoms with van der Waals surface area (Å²) in [5.41, 5.74) is 1.03. The fourth-order valence-electron chi connectivity index (χ4n) is 3.19. The quantitative estimate of drug-likeness (QED) is 0.525. The van der Waals surface area contributed by atoms with Gasteiger partial charge in [0.15, 0.2) is 5.92 Å². The Hall–Kier alpha value is -3.26. The van der Waals surface area contributed by atoms with Crippen molar-refractivity contribution in [2.24, 2.45) is 0 Å². The molecular formula is C21H23N3O5. The molecule has 1 aromatic carbocycles. The number of nitrogens with zero attached hydrogens (tertiary/aromatic N) is 3. The van der Waals surface area contributed by atoms with E-state index >= 15 is 0 Å². The average molecular weight is 397 g/mol. The number of hydroxylamine groups is 2. The minimum atomic E-state index is -1.27. The lowest BCUT2D eigenvalue weighted by Crippen LogP contribution is -2.50. The topological polar surface area (TPSA) is 89.0 Å². The van der Waals surface area contributed by atoms with Crippen LogP contribution < -0.4 is 4.74 Å². The molecule has 8 heteroatoms. The van der Waals surface area contributed by atoms with Gasteiger partial charge in [0.1, 0.15) is 6.61 Å². The third-order valence-corrected chi connectivity index (χ3v) is 4.77. The summed E-state index contributed by atoms with van der Waals surface area (Å²) in [4.78, 5) is 50.4. The number of benzene rings is 1. The summed E-state index contributed by atoms with van der Waals surface area (Å²) in [5.74, 6) is -2.88. The van der Waals surface area contributed by atoms with Gasteiger partial charge in [-0.2, -0.15) is 0 Å². The van der Waals surface area contributed by atoms with Crippen LogP contribution in [-0.2, 0) is 21.0 Å². The van der Waals surface area contributed by atoms with Gasteiger partial charge in [-0.3, -0.25) is 19.2 Å². The normalized spacial score (nSPS) is 15.8. The molecule has 2 aromatic rings. The van der Waals surface area contributed by atoms with E-state index in [0.29, 0.717) is 18.2 Å². The van der Waals surface area contributed by atoms with Gasteiger partial charge in [-0.05, 0) is 25.5 Å². The smallest absolute Gasteiger partial charge is 0.286 e. The molecule has 0 spiro atoms. The number of carbonyl (C=O) groups is 3. The number of ether oxygens (including phenoxy) is 1.